The van der Waals surface area contributed by atoms with Crippen LogP contribution in [0, 0.1) is 13.8 Å². The molecule has 4 aromatic rings. The summed E-state index contributed by atoms with van der Waals surface area (Å²) in [6.45, 7) is 7.18. The highest BCUT2D eigenvalue weighted by atomic mass is 32.2. The second kappa shape index (κ2) is 8.64. The molecule has 3 heterocycles. The quantitative estimate of drug-likeness (QED) is 0.389. The van der Waals surface area contributed by atoms with Crippen LogP contribution in [0.25, 0.3) is 21.6 Å². The van der Waals surface area contributed by atoms with Gasteiger partial charge in [-0.25, -0.2) is 4.98 Å². The average molecular weight is 444 g/mol. The average Bonchev–Trinajstić information content (AvgIpc) is 3.38. The van der Waals surface area contributed by atoms with E-state index in [0.29, 0.717) is 5.13 Å². The van der Waals surface area contributed by atoms with Gasteiger partial charge in [0, 0.05) is 22.4 Å². The molecule has 6 nitrogen and oxygen atoms in total. The summed E-state index contributed by atoms with van der Waals surface area (Å²) in [6, 6.07) is 7.86. The van der Waals surface area contributed by atoms with Crippen molar-refractivity contribution in [2.24, 2.45) is 0 Å². The van der Waals surface area contributed by atoms with Gasteiger partial charge < -0.3 is 9.88 Å². The van der Waals surface area contributed by atoms with Crippen molar-refractivity contribution in [1.29, 1.82) is 0 Å². The van der Waals surface area contributed by atoms with Gasteiger partial charge in [0.15, 0.2) is 16.1 Å². The normalized spacial score (nSPS) is 11.3. The van der Waals surface area contributed by atoms with Crippen molar-refractivity contribution in [3.8, 4) is 11.4 Å². The zero-order chi connectivity index (χ0) is 20.4. The molecule has 0 saturated carbocycles. The minimum Gasteiger partial charge on any atom is -0.302 e. The van der Waals surface area contributed by atoms with E-state index in [0.717, 1.165) is 39.7 Å². The van der Waals surface area contributed by atoms with Crippen LogP contribution in [0.15, 0.2) is 34.8 Å². The molecular weight excluding hydrogens is 422 g/mol. The van der Waals surface area contributed by atoms with Crippen molar-refractivity contribution < 1.29 is 4.79 Å². The maximum absolute atomic E-state index is 12.4. The summed E-state index contributed by atoms with van der Waals surface area (Å²) in [7, 11) is 0. The largest absolute Gasteiger partial charge is 0.302 e. The van der Waals surface area contributed by atoms with Gasteiger partial charge in [-0.3, -0.25) is 4.79 Å². The molecule has 0 spiro atoms. The lowest BCUT2D eigenvalue weighted by molar-refractivity contribution is -0.113. The minimum atomic E-state index is -0.0933. The van der Waals surface area contributed by atoms with E-state index >= 15 is 0 Å². The van der Waals surface area contributed by atoms with Crippen molar-refractivity contribution in [3.63, 3.8) is 0 Å². The Morgan fingerprint density at radius 3 is 2.79 bits per heavy atom. The minimum absolute atomic E-state index is 0.0933. The van der Waals surface area contributed by atoms with Crippen molar-refractivity contribution in [1.82, 2.24) is 19.7 Å². The van der Waals surface area contributed by atoms with Gasteiger partial charge in [-0.1, -0.05) is 42.2 Å². The number of aromatic nitrogens is 4. The van der Waals surface area contributed by atoms with Gasteiger partial charge in [0.05, 0.1) is 16.0 Å². The zero-order valence-corrected chi connectivity index (χ0v) is 18.9. The molecular formula is C20H21N5OS3. The Morgan fingerprint density at radius 2 is 2.07 bits per heavy atom. The fourth-order valence-corrected chi connectivity index (χ4v) is 5.48. The highest BCUT2D eigenvalue weighted by Gasteiger charge is 2.18. The van der Waals surface area contributed by atoms with E-state index in [-0.39, 0.29) is 11.7 Å². The van der Waals surface area contributed by atoms with Crippen molar-refractivity contribution in [3.05, 3.63) is 40.1 Å². The number of thioether (sulfide) groups is 1. The van der Waals surface area contributed by atoms with E-state index < -0.39 is 0 Å². The number of fused-ring (bicyclic) bond motifs is 1. The first-order valence-corrected chi connectivity index (χ1v) is 12.0. The zero-order valence-electron chi connectivity index (χ0n) is 16.4. The molecule has 0 saturated heterocycles. The Bertz CT molecular complexity index is 1130. The first kappa shape index (κ1) is 20.1. The fraction of sp³-hybridized carbons (Fsp3) is 0.300. The maximum Gasteiger partial charge on any atom is 0.236 e. The summed E-state index contributed by atoms with van der Waals surface area (Å²) in [5.41, 5.74) is 3.26. The van der Waals surface area contributed by atoms with E-state index in [9.17, 15) is 4.79 Å². The predicted octanol–water partition coefficient (Wildman–Crippen LogP) is 5.37. The second-order valence-corrected chi connectivity index (χ2v) is 9.67. The number of nitrogens with one attached hydrogen (secondary N) is 1. The number of hydrogen-bond donors (Lipinski definition) is 1. The first-order chi connectivity index (χ1) is 14.1. The van der Waals surface area contributed by atoms with Crippen molar-refractivity contribution >= 4 is 55.7 Å². The molecule has 3 aromatic heterocycles. The number of para-hydroxylation sites is 1. The Kier molecular flexibility index (Phi) is 5.98. The Morgan fingerprint density at radius 1 is 1.24 bits per heavy atom. The third-order valence-corrected chi connectivity index (χ3v) is 7.50. The van der Waals surface area contributed by atoms with Gasteiger partial charge in [0.25, 0.3) is 0 Å². The van der Waals surface area contributed by atoms with Crippen LogP contribution in [-0.4, -0.2) is 31.4 Å². The lowest BCUT2D eigenvalue weighted by atomic mass is 10.1. The van der Waals surface area contributed by atoms with Crippen LogP contribution in [0.2, 0.25) is 0 Å². The smallest absolute Gasteiger partial charge is 0.236 e. The summed E-state index contributed by atoms with van der Waals surface area (Å²) in [5, 5.41) is 15.2. The molecule has 0 radical (unpaired) electrons. The number of hydrogen-bond acceptors (Lipinski definition) is 7. The number of carbonyl (C=O) groups excluding carboxylic acids is 1. The van der Waals surface area contributed by atoms with E-state index in [1.807, 2.05) is 24.3 Å². The highest BCUT2D eigenvalue weighted by Crippen LogP contribution is 2.32. The number of amides is 1. The van der Waals surface area contributed by atoms with Crippen LogP contribution in [-0.2, 0) is 11.3 Å². The monoisotopic (exact) mass is 443 g/mol. The number of nitrogens with zero attached hydrogens (tertiary/aromatic N) is 4. The molecule has 1 amide bonds. The van der Waals surface area contributed by atoms with Crippen LogP contribution in [0.4, 0.5) is 5.13 Å². The summed E-state index contributed by atoms with van der Waals surface area (Å²) in [5.74, 6) is 1.05. The molecule has 4 rings (SSSR count). The summed E-state index contributed by atoms with van der Waals surface area (Å²) < 4.78 is 3.17. The molecule has 9 heteroatoms. The first-order valence-electron chi connectivity index (χ1n) is 9.33. The molecule has 0 aliphatic rings. The van der Waals surface area contributed by atoms with Gasteiger partial charge in [-0.15, -0.1) is 21.5 Å². The number of carbonyl (C=O) groups is 1. The number of aryl methyl sites for hydroxylation is 1. The predicted molar refractivity (Wildman–Crippen MR) is 122 cm³/mol. The summed E-state index contributed by atoms with van der Waals surface area (Å²) >= 11 is 4.61. The van der Waals surface area contributed by atoms with E-state index in [2.05, 4.69) is 51.2 Å². The van der Waals surface area contributed by atoms with E-state index in [1.54, 1.807) is 11.3 Å². The molecule has 150 valence electrons. The van der Waals surface area contributed by atoms with Crippen LogP contribution in [0.3, 0.4) is 0 Å². The topological polar surface area (TPSA) is 72.7 Å². The van der Waals surface area contributed by atoms with E-state index in [1.165, 1.54) is 33.5 Å². The lowest BCUT2D eigenvalue weighted by Crippen LogP contribution is -2.14. The number of thiophene rings is 1. The van der Waals surface area contributed by atoms with Crippen LogP contribution < -0.4 is 5.32 Å². The van der Waals surface area contributed by atoms with Gasteiger partial charge in [-0.2, -0.15) is 0 Å². The molecule has 29 heavy (non-hydrogen) atoms. The lowest BCUT2D eigenvalue weighted by Gasteiger charge is -2.08. The standard InChI is InChI=1S/C20H21N5OS3/c1-4-9-25-18(14-10-27-13(3)12(14)2)23-24-20(25)28-11-17(26)22-19-21-15-7-5-6-8-16(15)29-19/h5-8,10H,4,9,11H2,1-3H3,(H,21,22,26). The Labute approximate surface area is 181 Å². The number of thiazole rings is 1. The van der Waals surface area contributed by atoms with Gasteiger partial charge in [0.2, 0.25) is 5.91 Å². The third kappa shape index (κ3) is 4.22. The number of benzene rings is 1. The SMILES string of the molecule is CCCn1c(SCC(=O)Nc2nc3ccccc3s2)nnc1-c1csc(C)c1C. The number of rotatable bonds is 7. The summed E-state index contributed by atoms with van der Waals surface area (Å²) in [4.78, 5) is 18.2. The fourth-order valence-electron chi connectivity index (χ4n) is 2.97. The molecule has 0 atom stereocenters. The van der Waals surface area contributed by atoms with Crippen LogP contribution in [0.1, 0.15) is 23.8 Å². The Hall–Kier alpha value is -2.23. The van der Waals surface area contributed by atoms with E-state index in [4.69, 9.17) is 0 Å². The molecule has 1 aromatic carbocycles. The van der Waals surface area contributed by atoms with Gasteiger partial charge >= 0.3 is 0 Å². The molecule has 0 bridgehead atoms. The third-order valence-electron chi connectivity index (χ3n) is 4.56. The van der Waals surface area contributed by atoms with Gasteiger partial charge in [0.1, 0.15) is 0 Å². The van der Waals surface area contributed by atoms with Crippen molar-refractivity contribution in [2.75, 3.05) is 11.1 Å². The molecule has 0 unspecified atom stereocenters. The molecule has 0 aliphatic carbocycles. The maximum atomic E-state index is 12.4. The van der Waals surface area contributed by atoms with Crippen molar-refractivity contribution in [2.45, 2.75) is 38.9 Å². The molecule has 1 N–H and O–H groups in total. The highest BCUT2D eigenvalue weighted by molar-refractivity contribution is 7.99. The molecule has 0 aliphatic heterocycles. The molecule has 0 fully saturated rings. The Balaban J connectivity index is 1.47. The van der Waals surface area contributed by atoms with Crippen LogP contribution in [0.5, 0.6) is 0 Å². The van der Waals surface area contributed by atoms with Gasteiger partial charge in [-0.05, 0) is 38.0 Å². The van der Waals surface area contributed by atoms with Crippen LogP contribution >= 0.6 is 34.4 Å². The second-order valence-electron chi connectivity index (χ2n) is 6.61. The summed E-state index contributed by atoms with van der Waals surface area (Å²) in [6.07, 6.45) is 0.971. The number of anilines is 1.